The van der Waals surface area contributed by atoms with Gasteiger partial charge in [0.15, 0.2) is 5.82 Å². The summed E-state index contributed by atoms with van der Waals surface area (Å²) < 4.78 is 10.7. The van der Waals surface area contributed by atoms with Crippen molar-refractivity contribution in [1.29, 1.82) is 0 Å². The Kier molecular flexibility index (Phi) is 4.25. The normalized spacial score (nSPS) is 21.8. The van der Waals surface area contributed by atoms with E-state index in [4.69, 9.17) is 15.0 Å². The molecule has 2 fully saturated rings. The number of rotatable bonds is 5. The molecule has 1 heterocycles. The molecule has 2 aliphatic rings. The van der Waals surface area contributed by atoms with Gasteiger partial charge in [-0.1, -0.05) is 18.0 Å². The van der Waals surface area contributed by atoms with Crippen LogP contribution in [0.15, 0.2) is 4.52 Å². The fourth-order valence-corrected chi connectivity index (χ4v) is 2.34. The molecule has 0 spiro atoms. The maximum absolute atomic E-state index is 6.25. The van der Waals surface area contributed by atoms with E-state index < -0.39 is 0 Å². The number of aromatic nitrogens is 2. The second-order valence-corrected chi connectivity index (χ2v) is 5.33. The average molecular weight is 274 g/mol. The quantitative estimate of drug-likeness (QED) is 0.890. The van der Waals surface area contributed by atoms with Crippen LogP contribution in [0.2, 0.25) is 0 Å². The molecule has 2 N–H and O–H groups in total. The molecule has 0 amide bonds. The highest BCUT2D eigenvalue weighted by Gasteiger charge is 2.35. The maximum atomic E-state index is 6.25. The fourth-order valence-electron chi connectivity index (χ4n) is 2.34. The molecule has 2 aliphatic carbocycles. The summed E-state index contributed by atoms with van der Waals surface area (Å²) in [7, 11) is 0. The van der Waals surface area contributed by atoms with Crippen molar-refractivity contribution in [1.82, 2.24) is 10.1 Å². The third kappa shape index (κ3) is 3.02. The SMILES string of the molecule is Cl.NC1(c2noc(COCC3CC3)n2)CCCC1. The predicted octanol–water partition coefficient (Wildman–Crippen LogP) is 2.15. The van der Waals surface area contributed by atoms with Gasteiger partial charge in [0.1, 0.15) is 6.61 Å². The molecule has 5 nitrogen and oxygen atoms in total. The molecule has 0 unspecified atom stereocenters. The molecule has 2 saturated carbocycles. The van der Waals surface area contributed by atoms with Crippen molar-refractivity contribution >= 4 is 12.4 Å². The van der Waals surface area contributed by atoms with Crippen LogP contribution in [0.5, 0.6) is 0 Å². The van der Waals surface area contributed by atoms with E-state index in [9.17, 15) is 0 Å². The summed E-state index contributed by atoms with van der Waals surface area (Å²) in [5, 5.41) is 3.99. The van der Waals surface area contributed by atoms with Crippen LogP contribution in [0.3, 0.4) is 0 Å². The molecule has 1 aromatic heterocycles. The lowest BCUT2D eigenvalue weighted by atomic mass is 9.99. The lowest BCUT2D eigenvalue weighted by molar-refractivity contribution is 0.0894. The van der Waals surface area contributed by atoms with E-state index in [0.29, 0.717) is 18.3 Å². The molecular weight excluding hydrogens is 254 g/mol. The molecule has 0 aliphatic heterocycles. The minimum atomic E-state index is -0.363. The zero-order valence-corrected chi connectivity index (χ0v) is 11.2. The Balaban J connectivity index is 0.00000120. The number of hydrogen-bond acceptors (Lipinski definition) is 5. The summed E-state index contributed by atoms with van der Waals surface area (Å²) in [6, 6.07) is 0. The number of halogens is 1. The molecular formula is C12H20ClN3O2. The first-order chi connectivity index (χ1) is 8.26. The zero-order valence-electron chi connectivity index (χ0n) is 10.4. The Labute approximate surface area is 113 Å². The van der Waals surface area contributed by atoms with Crippen molar-refractivity contribution in [2.75, 3.05) is 6.61 Å². The van der Waals surface area contributed by atoms with Gasteiger partial charge in [-0.25, -0.2) is 0 Å². The number of ether oxygens (including phenoxy) is 1. The Morgan fingerprint density at radius 2 is 2.06 bits per heavy atom. The van der Waals surface area contributed by atoms with E-state index in [2.05, 4.69) is 10.1 Å². The standard InChI is InChI=1S/C12H19N3O2.ClH/c13-12(5-1-2-6-12)11-14-10(17-15-11)8-16-7-9-3-4-9;/h9H,1-8,13H2;1H. The minimum Gasteiger partial charge on any atom is -0.371 e. The largest absolute Gasteiger partial charge is 0.371 e. The van der Waals surface area contributed by atoms with Gasteiger partial charge in [-0.05, 0) is 31.6 Å². The molecule has 6 heteroatoms. The lowest BCUT2D eigenvalue weighted by Gasteiger charge is -2.17. The van der Waals surface area contributed by atoms with E-state index >= 15 is 0 Å². The summed E-state index contributed by atoms with van der Waals surface area (Å²) in [5.41, 5.74) is 5.89. The molecule has 0 aromatic carbocycles. The highest BCUT2D eigenvalue weighted by atomic mass is 35.5. The van der Waals surface area contributed by atoms with Crippen molar-refractivity contribution in [2.45, 2.75) is 50.7 Å². The highest BCUT2D eigenvalue weighted by Crippen LogP contribution is 2.34. The lowest BCUT2D eigenvalue weighted by Crippen LogP contribution is -2.34. The first kappa shape index (κ1) is 13.8. The van der Waals surface area contributed by atoms with Crippen LogP contribution in [0.4, 0.5) is 0 Å². The van der Waals surface area contributed by atoms with Gasteiger partial charge in [0, 0.05) is 0 Å². The number of hydrogen-bond donors (Lipinski definition) is 1. The van der Waals surface area contributed by atoms with E-state index in [-0.39, 0.29) is 17.9 Å². The molecule has 0 atom stereocenters. The van der Waals surface area contributed by atoms with Crippen LogP contribution in [0, 0.1) is 5.92 Å². The Morgan fingerprint density at radius 3 is 2.72 bits per heavy atom. The van der Waals surface area contributed by atoms with Crippen LogP contribution < -0.4 is 5.73 Å². The van der Waals surface area contributed by atoms with Gasteiger partial charge in [-0.2, -0.15) is 4.98 Å². The van der Waals surface area contributed by atoms with Gasteiger partial charge in [-0.3, -0.25) is 0 Å². The predicted molar refractivity (Wildman–Crippen MR) is 68.3 cm³/mol. The fraction of sp³-hybridized carbons (Fsp3) is 0.833. The molecule has 18 heavy (non-hydrogen) atoms. The third-order valence-electron chi connectivity index (χ3n) is 3.69. The van der Waals surface area contributed by atoms with Gasteiger partial charge < -0.3 is 15.0 Å². The van der Waals surface area contributed by atoms with Gasteiger partial charge in [0.05, 0.1) is 12.1 Å². The van der Waals surface area contributed by atoms with Gasteiger partial charge in [0.25, 0.3) is 5.89 Å². The number of nitrogens with two attached hydrogens (primary N) is 1. The molecule has 0 bridgehead atoms. The first-order valence-corrected chi connectivity index (χ1v) is 6.46. The summed E-state index contributed by atoms with van der Waals surface area (Å²) in [4.78, 5) is 4.35. The third-order valence-corrected chi connectivity index (χ3v) is 3.69. The van der Waals surface area contributed by atoms with E-state index in [1.54, 1.807) is 0 Å². The van der Waals surface area contributed by atoms with Crippen LogP contribution in [-0.2, 0) is 16.9 Å². The monoisotopic (exact) mass is 273 g/mol. The van der Waals surface area contributed by atoms with Gasteiger partial charge >= 0.3 is 0 Å². The Bertz CT molecular complexity index is 386. The van der Waals surface area contributed by atoms with Crippen molar-refractivity contribution in [3.63, 3.8) is 0 Å². The minimum absolute atomic E-state index is 0. The first-order valence-electron chi connectivity index (χ1n) is 6.46. The Morgan fingerprint density at radius 1 is 1.33 bits per heavy atom. The van der Waals surface area contributed by atoms with Crippen LogP contribution >= 0.6 is 12.4 Å². The van der Waals surface area contributed by atoms with E-state index in [1.165, 1.54) is 12.8 Å². The summed E-state index contributed by atoms with van der Waals surface area (Å²) in [6.45, 7) is 1.23. The van der Waals surface area contributed by atoms with E-state index in [0.717, 1.165) is 38.2 Å². The highest BCUT2D eigenvalue weighted by molar-refractivity contribution is 5.85. The molecule has 0 saturated heterocycles. The number of nitrogens with zero attached hydrogens (tertiary/aromatic N) is 2. The van der Waals surface area contributed by atoms with E-state index in [1.807, 2.05) is 0 Å². The topological polar surface area (TPSA) is 74.2 Å². The van der Waals surface area contributed by atoms with Crippen molar-refractivity contribution < 1.29 is 9.26 Å². The van der Waals surface area contributed by atoms with Crippen molar-refractivity contribution in [2.24, 2.45) is 11.7 Å². The Hall–Kier alpha value is -0.650. The van der Waals surface area contributed by atoms with Crippen LogP contribution in [-0.4, -0.2) is 16.7 Å². The second-order valence-electron chi connectivity index (χ2n) is 5.33. The molecule has 0 radical (unpaired) electrons. The van der Waals surface area contributed by atoms with Gasteiger partial charge in [0.2, 0.25) is 0 Å². The van der Waals surface area contributed by atoms with Crippen molar-refractivity contribution in [3.05, 3.63) is 11.7 Å². The summed E-state index contributed by atoms with van der Waals surface area (Å²) in [6.07, 6.45) is 6.79. The zero-order chi connectivity index (χ0) is 11.7. The molecule has 102 valence electrons. The molecule has 3 rings (SSSR count). The van der Waals surface area contributed by atoms with Gasteiger partial charge in [-0.15, -0.1) is 12.4 Å². The smallest absolute Gasteiger partial charge is 0.252 e. The van der Waals surface area contributed by atoms with Crippen LogP contribution in [0.25, 0.3) is 0 Å². The average Bonchev–Trinajstić information content (AvgIpc) is 2.83. The van der Waals surface area contributed by atoms with Crippen molar-refractivity contribution in [3.8, 4) is 0 Å². The molecule has 1 aromatic rings. The maximum Gasteiger partial charge on any atom is 0.252 e. The second kappa shape index (κ2) is 5.55. The van der Waals surface area contributed by atoms with Crippen LogP contribution in [0.1, 0.15) is 50.2 Å². The summed E-state index contributed by atoms with van der Waals surface area (Å²) >= 11 is 0. The summed E-state index contributed by atoms with van der Waals surface area (Å²) in [5.74, 6) is 1.96.